The Morgan fingerprint density at radius 3 is 2.79 bits per heavy atom. The predicted molar refractivity (Wildman–Crippen MR) is 83.7 cm³/mol. The van der Waals surface area contributed by atoms with Crippen LogP contribution in [0, 0.1) is 0 Å². The normalized spacial score (nSPS) is 12.7. The molecule has 1 aromatic heterocycles. The molecule has 0 aliphatic rings. The molecule has 0 bridgehead atoms. The summed E-state index contributed by atoms with van der Waals surface area (Å²) in [6.45, 7) is 5.72. The van der Waals surface area contributed by atoms with E-state index < -0.39 is 0 Å². The summed E-state index contributed by atoms with van der Waals surface area (Å²) in [5.74, 6) is -0.0181. The monoisotopic (exact) mass is 341 g/mol. The smallest absolute Gasteiger partial charge is 0.242 e. The highest BCUT2D eigenvalue weighted by molar-refractivity contribution is 9.10. The highest BCUT2D eigenvalue weighted by Gasteiger charge is 2.15. The molecule has 2 aromatic rings. The van der Waals surface area contributed by atoms with Crippen molar-refractivity contribution < 1.29 is 4.79 Å². The van der Waals surface area contributed by atoms with E-state index in [2.05, 4.69) is 31.5 Å². The number of anilines is 1. The Morgan fingerprint density at radius 2 is 2.11 bits per heavy atom. The molecule has 0 saturated heterocycles. The maximum atomic E-state index is 11.8. The van der Waals surface area contributed by atoms with Crippen molar-refractivity contribution in [3.05, 3.63) is 22.7 Å². The number of hydrogen-bond acceptors (Lipinski definition) is 4. The summed E-state index contributed by atoms with van der Waals surface area (Å²) in [5.41, 5.74) is 0.937. The van der Waals surface area contributed by atoms with Gasteiger partial charge in [-0.15, -0.1) is 0 Å². The molecule has 0 aliphatic carbocycles. The van der Waals surface area contributed by atoms with Crippen LogP contribution < -0.4 is 10.6 Å². The summed E-state index contributed by atoms with van der Waals surface area (Å²) in [6.07, 6.45) is 0. The third-order valence-corrected chi connectivity index (χ3v) is 3.96. The van der Waals surface area contributed by atoms with Crippen molar-refractivity contribution in [3.8, 4) is 0 Å². The van der Waals surface area contributed by atoms with Gasteiger partial charge in [0, 0.05) is 10.5 Å². The summed E-state index contributed by atoms with van der Waals surface area (Å²) in [5, 5.41) is 6.77. The van der Waals surface area contributed by atoms with Gasteiger partial charge in [-0.3, -0.25) is 4.79 Å². The molecule has 0 aliphatic heterocycles. The van der Waals surface area contributed by atoms with Crippen molar-refractivity contribution in [2.75, 3.05) is 5.32 Å². The van der Waals surface area contributed by atoms with Crippen LogP contribution in [0.5, 0.6) is 0 Å². The molecule has 4 nitrogen and oxygen atoms in total. The first-order valence-electron chi connectivity index (χ1n) is 6.08. The van der Waals surface area contributed by atoms with Crippen LogP contribution in [0.3, 0.4) is 0 Å². The second-order valence-electron chi connectivity index (χ2n) is 4.66. The number of amides is 1. The van der Waals surface area contributed by atoms with E-state index in [1.807, 2.05) is 39.0 Å². The molecule has 1 atom stereocenters. The van der Waals surface area contributed by atoms with Crippen molar-refractivity contribution in [2.45, 2.75) is 32.9 Å². The van der Waals surface area contributed by atoms with Crippen LogP contribution in [0.15, 0.2) is 22.7 Å². The zero-order chi connectivity index (χ0) is 14.0. The van der Waals surface area contributed by atoms with E-state index in [1.54, 1.807) is 11.3 Å². The molecular formula is C13H16BrN3OS. The van der Waals surface area contributed by atoms with Gasteiger partial charge in [-0.25, -0.2) is 4.98 Å². The third-order valence-electron chi connectivity index (χ3n) is 2.51. The molecule has 102 valence electrons. The topological polar surface area (TPSA) is 54.0 Å². The average Bonchev–Trinajstić information content (AvgIpc) is 2.69. The Bertz CT molecular complexity index is 597. The lowest BCUT2D eigenvalue weighted by Crippen LogP contribution is -2.40. The predicted octanol–water partition coefficient (Wildman–Crippen LogP) is 3.38. The van der Waals surface area contributed by atoms with E-state index in [-0.39, 0.29) is 18.0 Å². The van der Waals surface area contributed by atoms with Gasteiger partial charge in [-0.05, 0) is 39.0 Å². The number of halogens is 1. The first-order valence-corrected chi connectivity index (χ1v) is 7.69. The highest BCUT2D eigenvalue weighted by atomic mass is 79.9. The number of carbonyl (C=O) groups is 1. The van der Waals surface area contributed by atoms with Gasteiger partial charge in [-0.2, -0.15) is 0 Å². The van der Waals surface area contributed by atoms with Crippen molar-refractivity contribution in [2.24, 2.45) is 0 Å². The van der Waals surface area contributed by atoms with Gasteiger partial charge in [0.1, 0.15) is 6.04 Å². The number of carbonyl (C=O) groups excluding carboxylic acids is 1. The molecule has 2 rings (SSSR count). The molecular weight excluding hydrogens is 326 g/mol. The lowest BCUT2D eigenvalue weighted by Gasteiger charge is -2.15. The largest absolute Gasteiger partial charge is 0.352 e. The fourth-order valence-electron chi connectivity index (χ4n) is 1.62. The second-order valence-corrected chi connectivity index (χ2v) is 6.61. The number of fused-ring (bicyclic) bond motifs is 1. The average molecular weight is 342 g/mol. The number of nitrogens with one attached hydrogen (secondary N) is 2. The minimum absolute atomic E-state index is 0.0181. The number of aromatic nitrogens is 1. The van der Waals surface area contributed by atoms with Crippen LogP contribution in [0.4, 0.5) is 5.13 Å². The zero-order valence-corrected chi connectivity index (χ0v) is 13.4. The van der Waals surface area contributed by atoms with Crippen LogP contribution in [0.2, 0.25) is 0 Å². The third kappa shape index (κ3) is 3.67. The van der Waals surface area contributed by atoms with E-state index in [0.29, 0.717) is 0 Å². The molecule has 0 radical (unpaired) electrons. The van der Waals surface area contributed by atoms with Gasteiger partial charge in [0.25, 0.3) is 0 Å². The molecule has 1 unspecified atom stereocenters. The Morgan fingerprint density at radius 1 is 1.37 bits per heavy atom. The van der Waals surface area contributed by atoms with E-state index >= 15 is 0 Å². The van der Waals surface area contributed by atoms with Crippen molar-refractivity contribution in [1.82, 2.24) is 10.3 Å². The van der Waals surface area contributed by atoms with Gasteiger partial charge in [0.05, 0.1) is 10.2 Å². The quantitative estimate of drug-likeness (QED) is 0.896. The molecule has 19 heavy (non-hydrogen) atoms. The maximum Gasteiger partial charge on any atom is 0.242 e. The second kappa shape index (κ2) is 5.88. The molecule has 1 amide bonds. The first kappa shape index (κ1) is 14.3. The summed E-state index contributed by atoms with van der Waals surface area (Å²) in [7, 11) is 0. The number of thiazole rings is 1. The summed E-state index contributed by atoms with van der Waals surface area (Å²) < 4.78 is 2.12. The Balaban J connectivity index is 2.10. The lowest BCUT2D eigenvalue weighted by molar-refractivity contribution is -0.122. The number of hydrogen-bond donors (Lipinski definition) is 2. The summed E-state index contributed by atoms with van der Waals surface area (Å²) in [6, 6.07) is 5.78. The van der Waals surface area contributed by atoms with Crippen molar-refractivity contribution >= 4 is 48.5 Å². The highest BCUT2D eigenvalue weighted by Crippen LogP contribution is 2.28. The van der Waals surface area contributed by atoms with E-state index in [9.17, 15) is 4.79 Å². The summed E-state index contributed by atoms with van der Waals surface area (Å²) >= 11 is 4.98. The van der Waals surface area contributed by atoms with Crippen LogP contribution in [-0.2, 0) is 4.79 Å². The van der Waals surface area contributed by atoms with E-state index in [1.165, 1.54) is 0 Å². The molecule has 6 heteroatoms. The van der Waals surface area contributed by atoms with Crippen molar-refractivity contribution in [1.29, 1.82) is 0 Å². The molecule has 0 saturated carbocycles. The first-order chi connectivity index (χ1) is 8.95. The maximum absolute atomic E-state index is 11.8. The molecule has 1 aromatic carbocycles. The SMILES string of the molecule is CC(C)NC(=O)C(C)Nc1nc2ccc(Br)cc2s1. The summed E-state index contributed by atoms with van der Waals surface area (Å²) in [4.78, 5) is 16.3. The Labute approximate surface area is 124 Å². The van der Waals surface area contributed by atoms with E-state index in [4.69, 9.17) is 0 Å². The van der Waals surface area contributed by atoms with Gasteiger partial charge in [-0.1, -0.05) is 27.3 Å². The zero-order valence-electron chi connectivity index (χ0n) is 11.0. The molecule has 2 N–H and O–H groups in total. The van der Waals surface area contributed by atoms with Crippen LogP contribution in [0.25, 0.3) is 10.2 Å². The fraction of sp³-hybridized carbons (Fsp3) is 0.385. The van der Waals surface area contributed by atoms with Crippen LogP contribution >= 0.6 is 27.3 Å². The van der Waals surface area contributed by atoms with Gasteiger partial charge in [0.2, 0.25) is 5.91 Å². The minimum atomic E-state index is -0.300. The fourth-order valence-corrected chi connectivity index (χ4v) is 3.13. The van der Waals surface area contributed by atoms with Crippen LogP contribution in [-0.4, -0.2) is 23.0 Å². The molecule has 0 fully saturated rings. The minimum Gasteiger partial charge on any atom is -0.352 e. The molecule has 1 heterocycles. The van der Waals surface area contributed by atoms with Gasteiger partial charge in [0.15, 0.2) is 5.13 Å². The van der Waals surface area contributed by atoms with Gasteiger partial charge >= 0.3 is 0 Å². The Hall–Kier alpha value is -1.14. The molecule has 0 spiro atoms. The Kier molecular flexibility index (Phi) is 4.42. The van der Waals surface area contributed by atoms with E-state index in [0.717, 1.165) is 19.8 Å². The lowest BCUT2D eigenvalue weighted by atomic mass is 10.3. The van der Waals surface area contributed by atoms with Crippen LogP contribution in [0.1, 0.15) is 20.8 Å². The number of benzene rings is 1. The number of nitrogens with zero attached hydrogens (tertiary/aromatic N) is 1. The number of rotatable bonds is 4. The standard InChI is InChI=1S/C13H16BrN3OS/c1-7(2)15-12(18)8(3)16-13-17-10-5-4-9(14)6-11(10)19-13/h4-8H,1-3H3,(H,15,18)(H,16,17). The van der Waals surface area contributed by atoms with Gasteiger partial charge < -0.3 is 10.6 Å². The van der Waals surface area contributed by atoms with Crippen molar-refractivity contribution in [3.63, 3.8) is 0 Å².